The minimum atomic E-state index is -0.279. The summed E-state index contributed by atoms with van der Waals surface area (Å²) in [6.07, 6.45) is 0. The average Bonchev–Trinajstić information content (AvgIpc) is 2.21. The van der Waals surface area contributed by atoms with Gasteiger partial charge in [-0.2, -0.15) is 0 Å². The second kappa shape index (κ2) is 4.33. The van der Waals surface area contributed by atoms with Crippen molar-refractivity contribution in [1.29, 1.82) is 0 Å². The van der Waals surface area contributed by atoms with E-state index in [-0.39, 0.29) is 18.1 Å². The fraction of sp³-hybridized carbons (Fsp3) is 0.538. The largest absolute Gasteiger partial charge is 0.396 e. The lowest BCUT2D eigenvalue weighted by Gasteiger charge is -2.31. The van der Waals surface area contributed by atoms with E-state index < -0.39 is 0 Å². The summed E-state index contributed by atoms with van der Waals surface area (Å²) < 4.78 is 0. The zero-order chi connectivity index (χ0) is 11.6. The summed E-state index contributed by atoms with van der Waals surface area (Å²) in [5, 5.41) is 9.31. The molecule has 3 N–H and O–H groups in total. The minimum absolute atomic E-state index is 0.0988. The predicted molar refractivity (Wildman–Crippen MR) is 63.7 cm³/mol. The Morgan fingerprint density at radius 2 is 1.93 bits per heavy atom. The van der Waals surface area contributed by atoms with Crippen molar-refractivity contribution in [2.75, 3.05) is 6.61 Å². The molecule has 1 aromatic carbocycles. The van der Waals surface area contributed by atoms with E-state index in [0.29, 0.717) is 0 Å². The maximum absolute atomic E-state index is 9.31. The third-order valence-corrected chi connectivity index (χ3v) is 3.23. The standard InChI is InChI=1S/C13H21NO/c1-9-6-5-7-11(10(9)2)12(14)13(3,4)8-15/h5-7,12,15H,8,14H2,1-4H3/t12-/m0/s1. The Kier molecular flexibility index (Phi) is 3.53. The molecule has 0 bridgehead atoms. The van der Waals surface area contributed by atoms with Gasteiger partial charge in [0.05, 0.1) is 0 Å². The molecule has 0 aliphatic heterocycles. The highest BCUT2D eigenvalue weighted by Gasteiger charge is 2.27. The number of nitrogens with two attached hydrogens (primary N) is 1. The van der Waals surface area contributed by atoms with E-state index in [0.717, 1.165) is 5.56 Å². The average molecular weight is 207 g/mol. The molecule has 0 aliphatic rings. The van der Waals surface area contributed by atoms with Crippen molar-refractivity contribution >= 4 is 0 Å². The number of hydrogen-bond donors (Lipinski definition) is 2. The summed E-state index contributed by atoms with van der Waals surface area (Å²) in [4.78, 5) is 0. The Hall–Kier alpha value is -0.860. The van der Waals surface area contributed by atoms with Gasteiger partial charge in [0.1, 0.15) is 0 Å². The maximum Gasteiger partial charge on any atom is 0.0500 e. The van der Waals surface area contributed by atoms with Crippen molar-refractivity contribution in [2.24, 2.45) is 11.1 Å². The zero-order valence-electron chi connectivity index (χ0n) is 10.0. The molecule has 2 nitrogen and oxygen atoms in total. The van der Waals surface area contributed by atoms with Gasteiger partial charge in [0.25, 0.3) is 0 Å². The molecule has 0 spiro atoms. The first kappa shape index (κ1) is 12.2. The van der Waals surface area contributed by atoms with Gasteiger partial charge in [-0.1, -0.05) is 32.0 Å². The van der Waals surface area contributed by atoms with Crippen molar-refractivity contribution in [3.8, 4) is 0 Å². The van der Waals surface area contributed by atoms with Crippen molar-refractivity contribution < 1.29 is 5.11 Å². The number of aliphatic hydroxyl groups is 1. The summed E-state index contributed by atoms with van der Waals surface area (Å²) in [5.41, 5.74) is 9.52. The van der Waals surface area contributed by atoms with Gasteiger partial charge in [-0.15, -0.1) is 0 Å². The Morgan fingerprint density at radius 1 is 1.33 bits per heavy atom. The van der Waals surface area contributed by atoms with E-state index in [4.69, 9.17) is 5.73 Å². The number of aliphatic hydroxyl groups excluding tert-OH is 1. The first-order chi connectivity index (χ1) is 6.90. The molecule has 0 saturated carbocycles. The van der Waals surface area contributed by atoms with Crippen LogP contribution in [0.2, 0.25) is 0 Å². The lowest BCUT2D eigenvalue weighted by Crippen LogP contribution is -2.33. The highest BCUT2D eigenvalue weighted by atomic mass is 16.3. The lowest BCUT2D eigenvalue weighted by molar-refractivity contribution is 0.132. The maximum atomic E-state index is 9.31. The van der Waals surface area contributed by atoms with E-state index in [1.165, 1.54) is 11.1 Å². The molecule has 1 aromatic rings. The van der Waals surface area contributed by atoms with E-state index in [1.54, 1.807) is 0 Å². The Morgan fingerprint density at radius 3 is 2.47 bits per heavy atom. The second-order valence-corrected chi connectivity index (χ2v) is 4.91. The van der Waals surface area contributed by atoms with Gasteiger partial charge >= 0.3 is 0 Å². The summed E-state index contributed by atoms with van der Waals surface area (Å²) >= 11 is 0. The number of benzene rings is 1. The molecule has 84 valence electrons. The lowest BCUT2D eigenvalue weighted by atomic mass is 9.80. The van der Waals surface area contributed by atoms with Crippen LogP contribution >= 0.6 is 0 Å². The van der Waals surface area contributed by atoms with Crippen LogP contribution in [0.5, 0.6) is 0 Å². The topological polar surface area (TPSA) is 46.2 Å². The van der Waals surface area contributed by atoms with Crippen LogP contribution in [0.3, 0.4) is 0 Å². The molecule has 0 unspecified atom stereocenters. The summed E-state index contributed by atoms with van der Waals surface area (Å²) in [6, 6.07) is 6.02. The third-order valence-electron chi connectivity index (χ3n) is 3.23. The predicted octanol–water partition coefficient (Wildman–Crippen LogP) is 2.32. The monoisotopic (exact) mass is 207 g/mol. The van der Waals surface area contributed by atoms with Crippen LogP contribution in [0.15, 0.2) is 18.2 Å². The van der Waals surface area contributed by atoms with Crippen LogP contribution in [0, 0.1) is 19.3 Å². The summed E-state index contributed by atoms with van der Waals surface area (Å²) in [5.74, 6) is 0. The molecule has 15 heavy (non-hydrogen) atoms. The fourth-order valence-corrected chi connectivity index (χ4v) is 1.63. The number of rotatable bonds is 3. The van der Waals surface area contributed by atoms with E-state index in [2.05, 4.69) is 19.9 Å². The van der Waals surface area contributed by atoms with Crippen molar-refractivity contribution in [3.63, 3.8) is 0 Å². The molecule has 0 radical (unpaired) electrons. The summed E-state index contributed by atoms with van der Waals surface area (Å²) in [7, 11) is 0. The second-order valence-electron chi connectivity index (χ2n) is 4.91. The van der Waals surface area contributed by atoms with Gasteiger partial charge in [0, 0.05) is 18.1 Å². The van der Waals surface area contributed by atoms with Gasteiger partial charge < -0.3 is 10.8 Å². The number of hydrogen-bond acceptors (Lipinski definition) is 2. The highest BCUT2D eigenvalue weighted by Crippen LogP contribution is 2.32. The Labute approximate surface area is 92.1 Å². The third kappa shape index (κ3) is 2.39. The van der Waals surface area contributed by atoms with Crippen LogP contribution in [0.4, 0.5) is 0 Å². The molecule has 0 aromatic heterocycles. The van der Waals surface area contributed by atoms with Gasteiger partial charge in [-0.3, -0.25) is 0 Å². The van der Waals surface area contributed by atoms with E-state index in [9.17, 15) is 5.11 Å². The first-order valence-electron chi connectivity index (χ1n) is 5.32. The minimum Gasteiger partial charge on any atom is -0.396 e. The van der Waals surface area contributed by atoms with Gasteiger partial charge in [-0.05, 0) is 30.5 Å². The highest BCUT2D eigenvalue weighted by molar-refractivity contribution is 5.36. The van der Waals surface area contributed by atoms with Crippen LogP contribution in [0.1, 0.15) is 36.6 Å². The SMILES string of the molecule is Cc1cccc([C@H](N)C(C)(C)CO)c1C. The van der Waals surface area contributed by atoms with Gasteiger partial charge in [0.2, 0.25) is 0 Å². The summed E-state index contributed by atoms with van der Waals surface area (Å²) in [6.45, 7) is 8.23. The molecule has 0 heterocycles. The zero-order valence-corrected chi connectivity index (χ0v) is 10.0. The Balaban J connectivity index is 3.12. The fourth-order valence-electron chi connectivity index (χ4n) is 1.63. The molecule has 0 amide bonds. The van der Waals surface area contributed by atoms with E-state index >= 15 is 0 Å². The smallest absolute Gasteiger partial charge is 0.0500 e. The Bertz CT molecular complexity index is 344. The molecule has 0 aliphatic carbocycles. The van der Waals surface area contributed by atoms with Gasteiger partial charge in [0.15, 0.2) is 0 Å². The molecule has 1 atom stereocenters. The van der Waals surface area contributed by atoms with Crippen LogP contribution in [-0.4, -0.2) is 11.7 Å². The van der Waals surface area contributed by atoms with Crippen molar-refractivity contribution in [2.45, 2.75) is 33.7 Å². The number of aryl methyl sites for hydroxylation is 1. The van der Waals surface area contributed by atoms with E-state index in [1.807, 2.05) is 26.0 Å². The molecule has 1 rings (SSSR count). The molecular formula is C13H21NO. The molecule has 0 fully saturated rings. The molecular weight excluding hydrogens is 186 g/mol. The molecule has 2 heteroatoms. The van der Waals surface area contributed by atoms with Crippen molar-refractivity contribution in [1.82, 2.24) is 0 Å². The normalized spacial score (nSPS) is 14.0. The van der Waals surface area contributed by atoms with Gasteiger partial charge in [-0.25, -0.2) is 0 Å². The van der Waals surface area contributed by atoms with Crippen LogP contribution in [-0.2, 0) is 0 Å². The quantitative estimate of drug-likeness (QED) is 0.799. The first-order valence-corrected chi connectivity index (χ1v) is 5.32. The van der Waals surface area contributed by atoms with Crippen molar-refractivity contribution in [3.05, 3.63) is 34.9 Å². The van der Waals surface area contributed by atoms with Crippen LogP contribution < -0.4 is 5.73 Å². The van der Waals surface area contributed by atoms with Crippen LogP contribution in [0.25, 0.3) is 0 Å². The molecule has 0 saturated heterocycles.